The molecule has 0 saturated carbocycles. The first kappa shape index (κ1) is 17.5. The fourth-order valence-corrected chi connectivity index (χ4v) is 2.22. The Morgan fingerprint density at radius 2 is 2.04 bits per heavy atom. The van der Waals surface area contributed by atoms with Crippen LogP contribution >= 0.6 is 0 Å². The fourth-order valence-electron chi connectivity index (χ4n) is 2.22. The van der Waals surface area contributed by atoms with E-state index in [0.717, 1.165) is 35.9 Å². The smallest absolute Gasteiger partial charge is 0.221 e. The molecule has 0 radical (unpaired) electrons. The largest absolute Gasteiger partial charge is 0.356 e. The van der Waals surface area contributed by atoms with Crippen molar-refractivity contribution in [2.75, 3.05) is 18.9 Å². The number of guanidine groups is 1. The van der Waals surface area contributed by atoms with Crippen LogP contribution in [0.2, 0.25) is 0 Å². The molecule has 3 N–H and O–H groups in total. The van der Waals surface area contributed by atoms with Gasteiger partial charge in [-0.05, 0) is 29.8 Å². The number of aromatic nitrogens is 1. The van der Waals surface area contributed by atoms with E-state index in [1.165, 1.54) is 6.92 Å². The molecule has 0 saturated heterocycles. The van der Waals surface area contributed by atoms with Crippen molar-refractivity contribution in [3.8, 4) is 0 Å². The maximum atomic E-state index is 11.1. The van der Waals surface area contributed by atoms with Gasteiger partial charge in [-0.2, -0.15) is 0 Å². The van der Waals surface area contributed by atoms with Crippen LogP contribution in [-0.4, -0.2) is 30.4 Å². The molecule has 2 rings (SSSR count). The maximum absolute atomic E-state index is 11.1. The molecule has 2 aromatic rings. The average Bonchev–Trinajstić information content (AvgIpc) is 2.58. The molecule has 0 aliphatic heterocycles. The van der Waals surface area contributed by atoms with Gasteiger partial charge in [0.2, 0.25) is 5.91 Å². The zero-order valence-corrected chi connectivity index (χ0v) is 14.0. The van der Waals surface area contributed by atoms with E-state index in [4.69, 9.17) is 0 Å². The van der Waals surface area contributed by atoms with Crippen molar-refractivity contribution in [3.05, 3.63) is 59.9 Å². The minimum Gasteiger partial charge on any atom is -0.356 e. The van der Waals surface area contributed by atoms with Crippen LogP contribution in [0.1, 0.15) is 18.2 Å². The molecule has 0 aliphatic rings. The lowest BCUT2D eigenvalue weighted by Gasteiger charge is -2.12. The van der Waals surface area contributed by atoms with E-state index in [0.29, 0.717) is 6.54 Å². The molecule has 1 aromatic heterocycles. The van der Waals surface area contributed by atoms with Crippen LogP contribution in [0.15, 0.2) is 53.7 Å². The summed E-state index contributed by atoms with van der Waals surface area (Å²) in [5, 5.41) is 9.30. The fraction of sp³-hybridized carbons (Fsp3) is 0.278. The summed E-state index contributed by atoms with van der Waals surface area (Å²) < 4.78 is 0. The van der Waals surface area contributed by atoms with E-state index >= 15 is 0 Å². The molecule has 0 bridgehead atoms. The van der Waals surface area contributed by atoms with Crippen LogP contribution < -0.4 is 16.0 Å². The second kappa shape index (κ2) is 9.29. The number of rotatable bonds is 6. The topological polar surface area (TPSA) is 78.4 Å². The Balaban J connectivity index is 1.80. The number of nitrogens with one attached hydrogen (secondary N) is 3. The second-order valence-electron chi connectivity index (χ2n) is 5.31. The number of amides is 1. The Morgan fingerprint density at radius 1 is 1.17 bits per heavy atom. The van der Waals surface area contributed by atoms with E-state index in [2.05, 4.69) is 25.9 Å². The molecular formula is C18H23N5O. The van der Waals surface area contributed by atoms with Crippen LogP contribution in [0.25, 0.3) is 0 Å². The maximum Gasteiger partial charge on any atom is 0.221 e. The molecular weight excluding hydrogens is 302 g/mol. The number of nitrogens with zero attached hydrogens (tertiary/aromatic N) is 2. The Labute approximate surface area is 142 Å². The Bertz CT molecular complexity index is 685. The second-order valence-corrected chi connectivity index (χ2v) is 5.31. The first-order valence-electron chi connectivity index (χ1n) is 7.88. The molecule has 0 atom stereocenters. The lowest BCUT2D eigenvalue weighted by molar-refractivity contribution is -0.114. The number of benzene rings is 1. The van der Waals surface area contributed by atoms with Gasteiger partial charge in [-0.3, -0.25) is 14.8 Å². The summed E-state index contributed by atoms with van der Waals surface area (Å²) in [6, 6.07) is 13.6. The molecule has 0 fully saturated rings. The van der Waals surface area contributed by atoms with E-state index in [1.54, 1.807) is 13.2 Å². The highest BCUT2D eigenvalue weighted by Gasteiger charge is 2.01. The van der Waals surface area contributed by atoms with Crippen molar-refractivity contribution in [1.29, 1.82) is 0 Å². The summed E-state index contributed by atoms with van der Waals surface area (Å²) in [4.78, 5) is 19.6. The van der Waals surface area contributed by atoms with Gasteiger partial charge in [-0.15, -0.1) is 0 Å². The number of carbonyl (C=O) groups is 1. The SMILES string of the molecule is CN=C(NCCc1ccccn1)NCc1cccc(NC(C)=O)c1. The molecule has 1 heterocycles. The van der Waals surface area contributed by atoms with Crippen molar-refractivity contribution in [2.45, 2.75) is 19.9 Å². The van der Waals surface area contributed by atoms with Gasteiger partial charge in [-0.1, -0.05) is 18.2 Å². The van der Waals surface area contributed by atoms with Crippen LogP contribution in [0.5, 0.6) is 0 Å². The van der Waals surface area contributed by atoms with E-state index in [1.807, 2.05) is 42.5 Å². The monoisotopic (exact) mass is 325 g/mol. The summed E-state index contributed by atoms with van der Waals surface area (Å²) >= 11 is 0. The van der Waals surface area contributed by atoms with Gasteiger partial charge in [0.1, 0.15) is 0 Å². The summed E-state index contributed by atoms with van der Waals surface area (Å²) in [5.74, 6) is 0.656. The molecule has 0 aliphatic carbocycles. The minimum absolute atomic E-state index is 0.0768. The van der Waals surface area contributed by atoms with E-state index in [-0.39, 0.29) is 5.91 Å². The van der Waals surface area contributed by atoms with Crippen molar-refractivity contribution in [1.82, 2.24) is 15.6 Å². The third-order valence-corrected chi connectivity index (χ3v) is 3.33. The van der Waals surface area contributed by atoms with Crippen LogP contribution in [0.4, 0.5) is 5.69 Å². The van der Waals surface area contributed by atoms with Crippen LogP contribution in [0, 0.1) is 0 Å². The lowest BCUT2D eigenvalue weighted by atomic mass is 10.2. The van der Waals surface area contributed by atoms with Gasteiger partial charge >= 0.3 is 0 Å². The molecule has 6 nitrogen and oxygen atoms in total. The van der Waals surface area contributed by atoms with E-state index in [9.17, 15) is 4.79 Å². The van der Waals surface area contributed by atoms with Crippen LogP contribution in [-0.2, 0) is 17.8 Å². The van der Waals surface area contributed by atoms with Crippen molar-refractivity contribution in [2.24, 2.45) is 4.99 Å². The first-order valence-corrected chi connectivity index (χ1v) is 7.88. The zero-order valence-electron chi connectivity index (χ0n) is 14.0. The van der Waals surface area contributed by atoms with E-state index < -0.39 is 0 Å². The number of hydrogen-bond acceptors (Lipinski definition) is 3. The molecule has 24 heavy (non-hydrogen) atoms. The summed E-state index contributed by atoms with van der Waals surface area (Å²) in [7, 11) is 1.74. The number of carbonyl (C=O) groups excluding carboxylic acids is 1. The highest BCUT2D eigenvalue weighted by Crippen LogP contribution is 2.10. The third-order valence-electron chi connectivity index (χ3n) is 3.33. The van der Waals surface area contributed by atoms with Gasteiger partial charge in [0, 0.05) is 51.1 Å². The Kier molecular flexibility index (Phi) is 6.76. The van der Waals surface area contributed by atoms with Gasteiger partial charge in [0.15, 0.2) is 5.96 Å². The Hall–Kier alpha value is -2.89. The normalized spacial score (nSPS) is 11.0. The zero-order chi connectivity index (χ0) is 17.2. The van der Waals surface area contributed by atoms with Gasteiger partial charge in [0.25, 0.3) is 0 Å². The van der Waals surface area contributed by atoms with Crippen molar-refractivity contribution in [3.63, 3.8) is 0 Å². The molecule has 1 aromatic carbocycles. The Morgan fingerprint density at radius 3 is 2.75 bits per heavy atom. The summed E-state index contributed by atoms with van der Waals surface area (Å²) in [5.41, 5.74) is 2.90. The molecule has 1 amide bonds. The third kappa shape index (κ3) is 6.08. The average molecular weight is 325 g/mol. The van der Waals surface area contributed by atoms with Gasteiger partial charge in [-0.25, -0.2) is 0 Å². The van der Waals surface area contributed by atoms with Gasteiger partial charge < -0.3 is 16.0 Å². The predicted molar refractivity (Wildman–Crippen MR) is 96.9 cm³/mol. The molecule has 6 heteroatoms. The molecule has 0 unspecified atom stereocenters. The number of anilines is 1. The summed E-state index contributed by atoms with van der Waals surface area (Å²) in [6.45, 7) is 2.87. The molecule has 0 spiro atoms. The minimum atomic E-state index is -0.0768. The standard InChI is InChI=1S/C18H23N5O/c1-14(24)23-17-8-5-6-15(12-17)13-22-18(19-2)21-11-9-16-7-3-4-10-20-16/h3-8,10,12H,9,11,13H2,1-2H3,(H,23,24)(H2,19,21,22). The summed E-state index contributed by atoms with van der Waals surface area (Å²) in [6.07, 6.45) is 2.63. The predicted octanol–water partition coefficient (Wildman–Crippen LogP) is 1.95. The lowest BCUT2D eigenvalue weighted by Crippen LogP contribution is -2.37. The highest BCUT2D eigenvalue weighted by atomic mass is 16.1. The quantitative estimate of drug-likeness (QED) is 0.560. The molecule has 126 valence electrons. The van der Waals surface area contributed by atoms with Gasteiger partial charge in [0.05, 0.1) is 0 Å². The first-order chi connectivity index (χ1) is 11.7. The van der Waals surface area contributed by atoms with Crippen LogP contribution in [0.3, 0.4) is 0 Å². The van der Waals surface area contributed by atoms with Crippen molar-refractivity contribution < 1.29 is 4.79 Å². The number of hydrogen-bond donors (Lipinski definition) is 3. The number of pyridine rings is 1. The van der Waals surface area contributed by atoms with Crippen molar-refractivity contribution >= 4 is 17.6 Å². The highest BCUT2D eigenvalue weighted by molar-refractivity contribution is 5.88. The number of aliphatic imine (C=N–C) groups is 1.